The van der Waals surface area contributed by atoms with Crippen LogP contribution in [0.1, 0.15) is 36.8 Å². The lowest BCUT2D eigenvalue weighted by Crippen LogP contribution is -2.55. The number of amides is 2. The molecule has 2 aliphatic heterocycles. The van der Waals surface area contributed by atoms with E-state index in [2.05, 4.69) is 54.8 Å². The zero-order valence-corrected chi connectivity index (χ0v) is 20.1. The van der Waals surface area contributed by atoms with E-state index in [1.165, 1.54) is 26.8 Å². The zero-order chi connectivity index (χ0) is 23.0. The smallest absolute Gasteiger partial charge is 0.256 e. The number of aliphatic imine (C=N–C) groups is 1. The highest BCUT2D eigenvalue weighted by molar-refractivity contribution is 7.17. The lowest BCUT2D eigenvalue weighted by atomic mass is 9.96. The minimum absolute atomic E-state index is 0.152. The molecule has 172 valence electrons. The first-order valence-corrected chi connectivity index (χ1v) is 13.2. The van der Waals surface area contributed by atoms with Gasteiger partial charge in [0.25, 0.3) is 5.91 Å². The summed E-state index contributed by atoms with van der Waals surface area (Å²) < 4.78 is 1.30. The number of rotatable bonds is 5. The number of benzene rings is 2. The molecule has 7 rings (SSSR count). The van der Waals surface area contributed by atoms with Gasteiger partial charge in [-0.15, -0.1) is 11.3 Å². The maximum atomic E-state index is 13.3. The molecular formula is C28H27N3O2S. The Morgan fingerprint density at radius 2 is 1.88 bits per heavy atom. The molecule has 1 spiro atoms. The number of amidine groups is 1. The van der Waals surface area contributed by atoms with Crippen LogP contribution in [0.5, 0.6) is 0 Å². The van der Waals surface area contributed by atoms with Gasteiger partial charge in [0, 0.05) is 41.7 Å². The maximum Gasteiger partial charge on any atom is 0.256 e. The third kappa shape index (κ3) is 3.22. The van der Waals surface area contributed by atoms with Gasteiger partial charge in [-0.1, -0.05) is 18.2 Å². The van der Waals surface area contributed by atoms with Gasteiger partial charge in [0.15, 0.2) is 0 Å². The summed E-state index contributed by atoms with van der Waals surface area (Å²) in [7, 11) is 0. The molecule has 3 fully saturated rings. The molecular weight excluding hydrogens is 442 g/mol. The second-order valence-corrected chi connectivity index (χ2v) is 11.4. The molecule has 1 saturated heterocycles. The molecule has 2 saturated carbocycles. The summed E-state index contributed by atoms with van der Waals surface area (Å²) in [4.78, 5) is 34.4. The van der Waals surface area contributed by atoms with Gasteiger partial charge in [-0.25, -0.2) is 0 Å². The third-order valence-electron chi connectivity index (χ3n) is 7.83. The van der Waals surface area contributed by atoms with Gasteiger partial charge in [0.1, 0.15) is 11.4 Å². The van der Waals surface area contributed by atoms with Crippen molar-refractivity contribution < 1.29 is 9.59 Å². The Balaban J connectivity index is 1.14. The van der Waals surface area contributed by atoms with Crippen molar-refractivity contribution in [2.45, 2.75) is 38.1 Å². The van der Waals surface area contributed by atoms with E-state index >= 15 is 0 Å². The number of aryl methyl sites for hydroxylation is 1. The summed E-state index contributed by atoms with van der Waals surface area (Å²) in [6, 6.07) is 15.3. The van der Waals surface area contributed by atoms with Gasteiger partial charge in [-0.2, -0.15) is 0 Å². The maximum absolute atomic E-state index is 13.3. The fraction of sp³-hybridized carbons (Fsp3) is 0.393. The Labute approximate surface area is 203 Å². The SMILES string of the molecule is Cc1cc(C2=NC3(CC3)C(=O)N2CC2CN(C(=O)C3CC3)C2)ccc1-c1ccc2sccc2c1. The zero-order valence-electron chi connectivity index (χ0n) is 19.3. The first kappa shape index (κ1) is 20.4. The van der Waals surface area contributed by atoms with E-state index in [1.807, 2.05) is 9.80 Å². The van der Waals surface area contributed by atoms with Crippen LogP contribution >= 0.6 is 11.3 Å². The van der Waals surface area contributed by atoms with Crippen molar-refractivity contribution in [2.75, 3.05) is 19.6 Å². The molecule has 1 aromatic heterocycles. The number of fused-ring (bicyclic) bond motifs is 1. The fourth-order valence-corrected chi connectivity index (χ4v) is 6.24. The van der Waals surface area contributed by atoms with Crippen LogP contribution in [0.4, 0.5) is 0 Å². The molecule has 5 nitrogen and oxygen atoms in total. The predicted octanol–water partition coefficient (Wildman–Crippen LogP) is 4.87. The molecule has 0 unspecified atom stereocenters. The molecule has 0 N–H and O–H groups in total. The van der Waals surface area contributed by atoms with Gasteiger partial charge in [0.05, 0.1) is 0 Å². The van der Waals surface area contributed by atoms with Crippen molar-refractivity contribution in [1.82, 2.24) is 9.80 Å². The van der Waals surface area contributed by atoms with Crippen molar-refractivity contribution in [3.63, 3.8) is 0 Å². The molecule has 2 aliphatic carbocycles. The molecule has 0 bridgehead atoms. The summed E-state index contributed by atoms with van der Waals surface area (Å²) >= 11 is 1.76. The molecule has 34 heavy (non-hydrogen) atoms. The lowest BCUT2D eigenvalue weighted by molar-refractivity contribution is -0.139. The Bertz CT molecular complexity index is 1380. The molecule has 4 aliphatic rings. The molecule has 6 heteroatoms. The van der Waals surface area contributed by atoms with Crippen LogP contribution in [0.25, 0.3) is 21.2 Å². The highest BCUT2D eigenvalue weighted by Crippen LogP contribution is 2.46. The summed E-state index contributed by atoms with van der Waals surface area (Å²) in [6.45, 7) is 4.33. The molecule has 2 aromatic carbocycles. The number of carbonyl (C=O) groups is 2. The number of hydrogen-bond donors (Lipinski definition) is 0. The Morgan fingerprint density at radius 3 is 2.62 bits per heavy atom. The quantitative estimate of drug-likeness (QED) is 0.536. The second kappa shape index (κ2) is 7.25. The second-order valence-electron chi connectivity index (χ2n) is 10.5. The third-order valence-corrected chi connectivity index (χ3v) is 8.72. The van der Waals surface area contributed by atoms with Gasteiger partial charge >= 0.3 is 0 Å². The van der Waals surface area contributed by atoms with E-state index in [-0.39, 0.29) is 11.8 Å². The molecule has 3 aromatic rings. The van der Waals surface area contributed by atoms with Gasteiger partial charge in [0.2, 0.25) is 5.91 Å². The number of hydrogen-bond acceptors (Lipinski definition) is 4. The van der Waals surface area contributed by atoms with E-state index in [0.717, 1.165) is 50.2 Å². The van der Waals surface area contributed by atoms with E-state index in [0.29, 0.717) is 18.4 Å². The summed E-state index contributed by atoms with van der Waals surface area (Å²) in [6.07, 6.45) is 3.78. The largest absolute Gasteiger partial charge is 0.342 e. The van der Waals surface area contributed by atoms with Crippen LogP contribution in [0, 0.1) is 18.8 Å². The predicted molar refractivity (Wildman–Crippen MR) is 135 cm³/mol. The summed E-state index contributed by atoms with van der Waals surface area (Å²) in [5.74, 6) is 1.88. The van der Waals surface area contributed by atoms with Crippen molar-refractivity contribution in [3.05, 3.63) is 59.0 Å². The Kier molecular flexibility index (Phi) is 4.35. The summed E-state index contributed by atoms with van der Waals surface area (Å²) in [5.41, 5.74) is 4.11. The summed E-state index contributed by atoms with van der Waals surface area (Å²) in [5, 5.41) is 3.40. The first-order valence-electron chi connectivity index (χ1n) is 12.3. The number of carbonyl (C=O) groups excluding carboxylic acids is 2. The topological polar surface area (TPSA) is 53.0 Å². The fourth-order valence-electron chi connectivity index (χ4n) is 5.46. The van der Waals surface area contributed by atoms with Gasteiger partial charge < -0.3 is 4.90 Å². The molecule has 0 atom stereocenters. The Hall–Kier alpha value is -2.99. The van der Waals surface area contributed by atoms with Crippen molar-refractivity contribution >= 4 is 39.1 Å². The first-order chi connectivity index (χ1) is 16.5. The van der Waals surface area contributed by atoms with Gasteiger partial charge in [-0.3, -0.25) is 19.5 Å². The average molecular weight is 470 g/mol. The molecule has 2 amide bonds. The van der Waals surface area contributed by atoms with Crippen molar-refractivity contribution in [3.8, 4) is 11.1 Å². The minimum atomic E-state index is -0.515. The highest BCUT2D eigenvalue weighted by Gasteiger charge is 2.57. The number of nitrogens with zero attached hydrogens (tertiary/aromatic N) is 3. The standard InChI is InChI=1S/C28H27N3O2S/c1-17-12-22(4-6-23(17)20-5-7-24-21(13-20)8-11-34-24)25-29-28(9-10-28)27(33)31(25)16-18-14-30(15-18)26(32)19-2-3-19/h4-8,11-13,18-19H,2-3,9-10,14-16H2,1H3. The van der Waals surface area contributed by atoms with E-state index in [4.69, 9.17) is 4.99 Å². The number of thiophene rings is 1. The van der Waals surface area contributed by atoms with Crippen LogP contribution in [0.2, 0.25) is 0 Å². The Morgan fingerprint density at radius 1 is 1.09 bits per heavy atom. The molecule has 0 radical (unpaired) electrons. The van der Waals surface area contributed by atoms with E-state index < -0.39 is 5.54 Å². The normalized spacial score (nSPS) is 21.3. The average Bonchev–Trinajstić information content (AvgIpc) is 3.72. The monoisotopic (exact) mass is 469 g/mol. The van der Waals surface area contributed by atoms with Crippen LogP contribution in [0.3, 0.4) is 0 Å². The van der Waals surface area contributed by atoms with Crippen LogP contribution in [-0.2, 0) is 9.59 Å². The van der Waals surface area contributed by atoms with Crippen LogP contribution in [-0.4, -0.2) is 52.6 Å². The van der Waals surface area contributed by atoms with Crippen molar-refractivity contribution in [1.29, 1.82) is 0 Å². The van der Waals surface area contributed by atoms with E-state index in [9.17, 15) is 9.59 Å². The molecule has 3 heterocycles. The van der Waals surface area contributed by atoms with Crippen LogP contribution in [0.15, 0.2) is 52.8 Å². The van der Waals surface area contributed by atoms with Crippen molar-refractivity contribution in [2.24, 2.45) is 16.8 Å². The number of likely N-dealkylation sites (tertiary alicyclic amines) is 1. The van der Waals surface area contributed by atoms with Gasteiger partial charge in [-0.05, 0) is 84.3 Å². The lowest BCUT2D eigenvalue weighted by Gasteiger charge is -2.41. The minimum Gasteiger partial charge on any atom is -0.342 e. The van der Waals surface area contributed by atoms with Crippen LogP contribution < -0.4 is 0 Å². The van der Waals surface area contributed by atoms with E-state index in [1.54, 1.807) is 11.3 Å². The highest BCUT2D eigenvalue weighted by atomic mass is 32.1.